The highest BCUT2D eigenvalue weighted by Gasteiger charge is 2.36. The third kappa shape index (κ3) is 2.48. The van der Waals surface area contributed by atoms with Crippen LogP contribution in [0.25, 0.3) is 6.08 Å². The molecule has 1 heterocycles. The van der Waals surface area contributed by atoms with Crippen molar-refractivity contribution in [1.82, 2.24) is 0 Å². The molecule has 112 valence electrons. The van der Waals surface area contributed by atoms with Gasteiger partial charge < -0.3 is 10.5 Å². The van der Waals surface area contributed by atoms with E-state index in [-0.39, 0.29) is 0 Å². The second kappa shape index (κ2) is 5.44. The van der Waals surface area contributed by atoms with E-state index in [2.05, 4.69) is 0 Å². The maximum Gasteiger partial charge on any atom is 0.266 e. The van der Waals surface area contributed by atoms with Crippen molar-refractivity contribution < 1.29 is 19.3 Å². The summed E-state index contributed by atoms with van der Waals surface area (Å²) < 4.78 is 5.87. The predicted octanol–water partition coefficient (Wildman–Crippen LogP) is 2.76. The number of hydrogen-bond donors (Lipinski definition) is 1. The van der Waals surface area contributed by atoms with E-state index >= 15 is 0 Å². The number of amides is 1. The number of nitrogens with two attached hydrogens (primary N) is 1. The second-order valence-electron chi connectivity index (χ2n) is 5.05. The van der Waals surface area contributed by atoms with Crippen LogP contribution in [0.15, 0.2) is 54.8 Å². The highest BCUT2D eigenvalue weighted by Crippen LogP contribution is 2.33. The Hall–Kier alpha value is -2.95. The summed E-state index contributed by atoms with van der Waals surface area (Å²) >= 11 is 0. The summed E-state index contributed by atoms with van der Waals surface area (Å²) in [7, 11) is 0. The third-order valence-electron chi connectivity index (χ3n) is 3.54. The molecule has 1 aliphatic heterocycles. The van der Waals surface area contributed by atoms with Crippen molar-refractivity contribution in [3.8, 4) is 11.5 Å². The highest BCUT2D eigenvalue weighted by molar-refractivity contribution is 5.85. The topological polar surface area (TPSA) is 70.8 Å². The lowest BCUT2D eigenvalue weighted by Gasteiger charge is -2.28. The fourth-order valence-electron chi connectivity index (χ4n) is 2.21. The first-order chi connectivity index (χ1) is 10.6. The van der Waals surface area contributed by atoms with Gasteiger partial charge in [0.25, 0.3) is 5.91 Å². The summed E-state index contributed by atoms with van der Waals surface area (Å²) in [6.45, 7) is 1.65. The summed E-state index contributed by atoms with van der Waals surface area (Å²) in [4.78, 5) is 21.8. The van der Waals surface area contributed by atoms with E-state index in [0.29, 0.717) is 17.1 Å². The minimum absolute atomic E-state index is 0.566. The maximum atomic E-state index is 12.0. The number of benzene rings is 2. The summed E-state index contributed by atoms with van der Waals surface area (Å²) in [5, 5.41) is 0. The van der Waals surface area contributed by atoms with Crippen molar-refractivity contribution in [2.24, 2.45) is 5.73 Å². The van der Waals surface area contributed by atoms with Crippen LogP contribution in [0.1, 0.15) is 18.1 Å². The van der Waals surface area contributed by atoms with E-state index in [1.165, 1.54) is 6.26 Å². The van der Waals surface area contributed by atoms with Crippen LogP contribution in [0.4, 0.5) is 0 Å². The van der Waals surface area contributed by atoms with Gasteiger partial charge in [-0.1, -0.05) is 24.3 Å². The van der Waals surface area contributed by atoms with Gasteiger partial charge in [-0.2, -0.15) is 0 Å². The van der Waals surface area contributed by atoms with Crippen molar-refractivity contribution in [3.63, 3.8) is 0 Å². The van der Waals surface area contributed by atoms with Crippen LogP contribution in [0.2, 0.25) is 0 Å². The first-order valence-corrected chi connectivity index (χ1v) is 6.78. The van der Waals surface area contributed by atoms with Gasteiger partial charge in [0.15, 0.2) is 5.75 Å². The van der Waals surface area contributed by atoms with E-state index in [1.54, 1.807) is 43.3 Å². The number of carbonyl (C=O) groups is 1. The Balaban J connectivity index is 2.01. The van der Waals surface area contributed by atoms with E-state index in [0.717, 1.165) is 5.56 Å². The molecule has 2 N–H and O–H groups in total. The average Bonchev–Trinajstić information content (AvgIpc) is 2.55. The van der Waals surface area contributed by atoms with E-state index in [9.17, 15) is 4.79 Å². The quantitative estimate of drug-likeness (QED) is 0.881. The minimum Gasteiger partial charge on any atom is -0.473 e. The van der Waals surface area contributed by atoms with Crippen molar-refractivity contribution in [3.05, 3.63) is 65.9 Å². The number of para-hydroxylation sites is 1. The molecule has 2 aromatic carbocycles. The van der Waals surface area contributed by atoms with Crippen molar-refractivity contribution in [2.75, 3.05) is 0 Å². The summed E-state index contributed by atoms with van der Waals surface area (Å²) in [5.41, 5.74) is 5.72. The van der Waals surface area contributed by atoms with Gasteiger partial charge in [-0.05, 0) is 37.3 Å². The molecule has 1 unspecified atom stereocenters. The Morgan fingerprint density at radius 1 is 1.18 bits per heavy atom. The third-order valence-corrected chi connectivity index (χ3v) is 3.54. The molecule has 22 heavy (non-hydrogen) atoms. The van der Waals surface area contributed by atoms with Crippen LogP contribution in [-0.4, -0.2) is 5.91 Å². The van der Waals surface area contributed by atoms with Gasteiger partial charge in [0, 0.05) is 11.1 Å². The van der Waals surface area contributed by atoms with E-state index in [4.69, 9.17) is 20.2 Å². The summed E-state index contributed by atoms with van der Waals surface area (Å²) in [6.07, 6.45) is 3.16. The molecule has 0 fully saturated rings. The smallest absolute Gasteiger partial charge is 0.266 e. The highest BCUT2D eigenvalue weighted by atomic mass is 17.2. The van der Waals surface area contributed by atoms with Crippen molar-refractivity contribution in [2.45, 2.75) is 12.5 Å². The molecule has 0 aliphatic carbocycles. The van der Waals surface area contributed by atoms with E-state index < -0.39 is 11.5 Å². The molecule has 5 heteroatoms. The normalized spacial score (nSPS) is 15.0. The van der Waals surface area contributed by atoms with Crippen LogP contribution in [-0.2, 0) is 15.3 Å². The number of primary amides is 1. The molecule has 0 aromatic heterocycles. The van der Waals surface area contributed by atoms with E-state index in [1.807, 2.05) is 18.2 Å². The van der Waals surface area contributed by atoms with Crippen LogP contribution >= 0.6 is 0 Å². The maximum absolute atomic E-state index is 12.0. The average molecular weight is 297 g/mol. The molecule has 0 saturated heterocycles. The van der Waals surface area contributed by atoms with Gasteiger partial charge in [-0.25, -0.2) is 0 Å². The Bertz CT molecular complexity index is 727. The van der Waals surface area contributed by atoms with Gasteiger partial charge in [0.1, 0.15) is 12.0 Å². The zero-order valence-corrected chi connectivity index (χ0v) is 12.0. The molecule has 0 bridgehead atoms. The number of hydrogen-bond acceptors (Lipinski definition) is 4. The number of carbonyl (C=O) groups excluding carboxylic acids is 1. The monoisotopic (exact) mass is 297 g/mol. The first kappa shape index (κ1) is 14.0. The molecule has 0 radical (unpaired) electrons. The summed E-state index contributed by atoms with van der Waals surface area (Å²) in [5.74, 6) is 0.558. The molecule has 1 aliphatic rings. The molecular weight excluding hydrogens is 282 g/mol. The van der Waals surface area contributed by atoms with Crippen LogP contribution < -0.4 is 15.4 Å². The molecule has 5 nitrogen and oxygen atoms in total. The molecular formula is C17H15NO4. The first-order valence-electron chi connectivity index (χ1n) is 6.78. The molecule has 1 atom stereocenters. The fourth-order valence-corrected chi connectivity index (χ4v) is 2.21. The second-order valence-corrected chi connectivity index (χ2v) is 5.05. The Labute approximate surface area is 127 Å². The number of fused-ring (bicyclic) bond motifs is 1. The fraction of sp³-hybridized carbons (Fsp3) is 0.118. The lowest BCUT2D eigenvalue weighted by atomic mass is 9.92. The van der Waals surface area contributed by atoms with Gasteiger partial charge >= 0.3 is 0 Å². The zero-order valence-electron chi connectivity index (χ0n) is 12.0. The molecule has 0 spiro atoms. The van der Waals surface area contributed by atoms with Crippen LogP contribution in [0, 0.1) is 0 Å². The Morgan fingerprint density at radius 2 is 1.95 bits per heavy atom. The van der Waals surface area contributed by atoms with Gasteiger partial charge in [0.2, 0.25) is 5.60 Å². The lowest BCUT2D eigenvalue weighted by molar-refractivity contribution is -0.151. The van der Waals surface area contributed by atoms with Gasteiger partial charge in [-0.3, -0.25) is 14.6 Å². The molecule has 3 rings (SSSR count). The van der Waals surface area contributed by atoms with Gasteiger partial charge in [0.05, 0.1) is 0 Å². The minimum atomic E-state index is -1.29. The Kier molecular flexibility index (Phi) is 3.47. The molecule has 2 aromatic rings. The summed E-state index contributed by atoms with van der Waals surface area (Å²) in [6, 6.07) is 14.3. The van der Waals surface area contributed by atoms with Gasteiger partial charge in [-0.15, -0.1) is 0 Å². The number of ether oxygens (including phenoxy) is 1. The SMILES string of the molecule is CC(Oc1ccccc1)(C(N)=O)c1ccc2c(c1)C=COO2. The lowest BCUT2D eigenvalue weighted by Crippen LogP contribution is -2.43. The Morgan fingerprint density at radius 3 is 2.68 bits per heavy atom. The van der Waals surface area contributed by atoms with Crippen LogP contribution in [0.3, 0.4) is 0 Å². The van der Waals surface area contributed by atoms with Crippen molar-refractivity contribution >= 4 is 12.0 Å². The predicted molar refractivity (Wildman–Crippen MR) is 80.8 cm³/mol. The van der Waals surface area contributed by atoms with Crippen molar-refractivity contribution in [1.29, 1.82) is 0 Å². The largest absolute Gasteiger partial charge is 0.473 e. The number of rotatable bonds is 4. The zero-order chi connectivity index (χ0) is 15.6. The molecule has 0 saturated carbocycles. The van der Waals surface area contributed by atoms with Crippen LogP contribution in [0.5, 0.6) is 11.5 Å². The molecule has 1 amide bonds. The standard InChI is InChI=1S/C17H15NO4/c1-17(16(18)19,21-14-5-3-2-4-6-14)13-7-8-15-12(11-13)9-10-20-22-15/h2-11H,1H3,(H2,18,19).